The van der Waals surface area contributed by atoms with Gasteiger partial charge in [-0.25, -0.2) is 4.79 Å². The number of hydrogen-bond donors (Lipinski definition) is 0. The first-order chi connectivity index (χ1) is 7.59. The lowest BCUT2D eigenvalue weighted by Crippen LogP contribution is -2.34. The third-order valence-corrected chi connectivity index (χ3v) is 2.28. The van der Waals surface area contributed by atoms with Gasteiger partial charge in [0.25, 0.3) is 0 Å². The van der Waals surface area contributed by atoms with Gasteiger partial charge in [0.05, 0.1) is 26.7 Å². The number of benzene rings is 1. The van der Waals surface area contributed by atoms with Gasteiger partial charge in [0.2, 0.25) is 0 Å². The number of esters is 1. The molecule has 0 radical (unpaired) electrons. The molecule has 0 unspecified atom stereocenters. The maximum Gasteiger partial charge on any atom is 0.338 e. The molecule has 0 saturated carbocycles. The first kappa shape index (κ1) is 13.7. The van der Waals surface area contributed by atoms with Crippen LogP contribution in [0.1, 0.15) is 31.1 Å². The van der Waals surface area contributed by atoms with Gasteiger partial charge in [-0.15, -0.1) is 0 Å². The number of rotatable bonds is 2. The fourth-order valence-electron chi connectivity index (χ4n) is 1.38. The lowest BCUT2D eigenvalue weighted by atomic mass is 10.1. The Labute approximate surface area is 104 Å². The van der Waals surface area contributed by atoms with E-state index >= 15 is 0 Å². The predicted octanol–water partition coefficient (Wildman–Crippen LogP) is 2.84. The van der Waals surface area contributed by atoms with Gasteiger partial charge < -0.3 is 4.74 Å². The summed E-state index contributed by atoms with van der Waals surface area (Å²) in [5.74, 6) is -0.273. The Hall–Kier alpha value is -1.35. The smallest absolute Gasteiger partial charge is 0.338 e. The molecule has 3 nitrogen and oxygen atoms in total. The zero-order chi connectivity index (χ0) is 13.3. The van der Waals surface area contributed by atoms with Gasteiger partial charge >= 0.3 is 5.97 Å². The molecule has 0 aliphatic heterocycles. The highest BCUT2D eigenvalue weighted by atomic mass is 16.6. The molecule has 17 heavy (non-hydrogen) atoms. The van der Waals surface area contributed by atoms with E-state index in [0.29, 0.717) is 5.56 Å². The van der Waals surface area contributed by atoms with Crippen molar-refractivity contribution in [3.8, 4) is 0 Å². The van der Waals surface area contributed by atoms with Crippen molar-refractivity contribution >= 4 is 11.7 Å². The zero-order valence-electron chi connectivity index (χ0n) is 11.6. The minimum absolute atomic E-state index is 0.273. The number of quaternary nitrogens is 1. The Morgan fingerprint density at radius 2 is 1.53 bits per heavy atom. The van der Waals surface area contributed by atoms with Crippen LogP contribution in [0.2, 0.25) is 0 Å². The topological polar surface area (TPSA) is 26.3 Å². The highest BCUT2D eigenvalue weighted by molar-refractivity contribution is 5.90. The van der Waals surface area contributed by atoms with Gasteiger partial charge in [-0.2, -0.15) is 0 Å². The number of nitrogens with zero attached hydrogens (tertiary/aromatic N) is 1. The van der Waals surface area contributed by atoms with Crippen molar-refractivity contribution in [2.45, 2.75) is 26.4 Å². The van der Waals surface area contributed by atoms with Gasteiger partial charge in [-0.3, -0.25) is 4.48 Å². The summed E-state index contributed by atoms with van der Waals surface area (Å²) in [7, 11) is 6.26. The van der Waals surface area contributed by atoms with Gasteiger partial charge in [-0.05, 0) is 45.0 Å². The third kappa shape index (κ3) is 4.19. The maximum absolute atomic E-state index is 11.8. The molecule has 0 fully saturated rings. The van der Waals surface area contributed by atoms with Crippen LogP contribution in [-0.4, -0.2) is 32.7 Å². The molecule has 0 aliphatic rings. The first-order valence-corrected chi connectivity index (χ1v) is 5.75. The van der Waals surface area contributed by atoms with E-state index in [1.54, 1.807) is 0 Å². The second-order valence-corrected chi connectivity index (χ2v) is 6.06. The Kier molecular flexibility index (Phi) is 3.62. The summed E-state index contributed by atoms with van der Waals surface area (Å²) in [6.07, 6.45) is 0. The second-order valence-electron chi connectivity index (χ2n) is 6.06. The number of ether oxygens (including phenoxy) is 1. The van der Waals surface area contributed by atoms with E-state index in [4.69, 9.17) is 4.74 Å². The Morgan fingerprint density at radius 1 is 1.06 bits per heavy atom. The van der Waals surface area contributed by atoms with Crippen molar-refractivity contribution in [1.29, 1.82) is 0 Å². The quantitative estimate of drug-likeness (QED) is 0.583. The standard InChI is InChI=1S/C14H22NO2/c1-14(2,3)17-13(16)11-7-9-12(10-8-11)15(4,5)6/h7-10H,1-6H3/q+1. The summed E-state index contributed by atoms with van der Waals surface area (Å²) in [5, 5.41) is 0. The zero-order valence-corrected chi connectivity index (χ0v) is 11.6. The molecule has 0 saturated heterocycles. The Bertz CT molecular complexity index is 394. The summed E-state index contributed by atoms with van der Waals surface area (Å²) in [5.41, 5.74) is 1.30. The van der Waals surface area contributed by atoms with E-state index in [1.807, 2.05) is 45.0 Å². The van der Waals surface area contributed by atoms with Gasteiger partial charge in [0.15, 0.2) is 0 Å². The molecule has 0 N–H and O–H groups in total. The minimum Gasteiger partial charge on any atom is -0.456 e. The minimum atomic E-state index is -0.449. The van der Waals surface area contributed by atoms with Crippen LogP contribution in [0.5, 0.6) is 0 Å². The normalized spacial score (nSPS) is 12.4. The van der Waals surface area contributed by atoms with E-state index in [2.05, 4.69) is 21.1 Å². The van der Waals surface area contributed by atoms with Crippen LogP contribution in [0.3, 0.4) is 0 Å². The van der Waals surface area contributed by atoms with E-state index in [0.717, 1.165) is 10.2 Å². The summed E-state index contributed by atoms with van der Waals surface area (Å²) in [4.78, 5) is 11.8. The number of hydrogen-bond acceptors (Lipinski definition) is 2. The maximum atomic E-state index is 11.8. The molecular formula is C14H22NO2+. The molecule has 1 rings (SSSR count). The van der Waals surface area contributed by atoms with Crippen LogP contribution in [0.25, 0.3) is 0 Å². The van der Waals surface area contributed by atoms with Crippen molar-refractivity contribution in [3.63, 3.8) is 0 Å². The average Bonchev–Trinajstić information content (AvgIpc) is 2.14. The SMILES string of the molecule is CC(C)(C)OC(=O)c1ccc([N+](C)(C)C)cc1. The average molecular weight is 236 g/mol. The van der Waals surface area contributed by atoms with E-state index in [-0.39, 0.29) is 5.97 Å². The molecule has 3 heteroatoms. The van der Waals surface area contributed by atoms with Crippen LogP contribution in [0.15, 0.2) is 24.3 Å². The van der Waals surface area contributed by atoms with Gasteiger partial charge in [0, 0.05) is 0 Å². The molecule has 0 amide bonds. The van der Waals surface area contributed by atoms with Gasteiger partial charge in [-0.1, -0.05) is 0 Å². The lowest BCUT2D eigenvalue weighted by Gasteiger charge is -2.23. The fourth-order valence-corrected chi connectivity index (χ4v) is 1.38. The van der Waals surface area contributed by atoms with Crippen LogP contribution >= 0.6 is 0 Å². The van der Waals surface area contributed by atoms with Crippen molar-refractivity contribution in [2.75, 3.05) is 21.1 Å². The largest absolute Gasteiger partial charge is 0.456 e. The summed E-state index contributed by atoms with van der Waals surface area (Å²) >= 11 is 0. The Balaban J connectivity index is 2.85. The van der Waals surface area contributed by atoms with Crippen molar-refractivity contribution < 1.29 is 9.53 Å². The summed E-state index contributed by atoms with van der Waals surface area (Å²) < 4.78 is 6.04. The highest BCUT2D eigenvalue weighted by Crippen LogP contribution is 2.19. The molecule has 1 aromatic rings. The molecule has 0 bridgehead atoms. The van der Waals surface area contributed by atoms with E-state index in [9.17, 15) is 4.79 Å². The molecule has 94 valence electrons. The van der Waals surface area contributed by atoms with Gasteiger partial charge in [0.1, 0.15) is 11.3 Å². The first-order valence-electron chi connectivity index (χ1n) is 5.75. The Morgan fingerprint density at radius 3 is 1.88 bits per heavy atom. The summed E-state index contributed by atoms with van der Waals surface area (Å²) in [6, 6.07) is 7.54. The second kappa shape index (κ2) is 4.49. The third-order valence-electron chi connectivity index (χ3n) is 2.28. The van der Waals surface area contributed by atoms with Crippen molar-refractivity contribution in [1.82, 2.24) is 4.48 Å². The molecule has 1 aromatic carbocycles. The lowest BCUT2D eigenvalue weighted by molar-refractivity contribution is 0.00695. The molecule has 0 aliphatic carbocycles. The van der Waals surface area contributed by atoms with Crippen LogP contribution in [0.4, 0.5) is 5.69 Å². The molecular weight excluding hydrogens is 214 g/mol. The van der Waals surface area contributed by atoms with Crippen LogP contribution in [-0.2, 0) is 4.74 Å². The molecule has 0 spiro atoms. The summed E-state index contributed by atoms with van der Waals surface area (Å²) in [6.45, 7) is 5.60. The van der Waals surface area contributed by atoms with Crippen LogP contribution in [0, 0.1) is 0 Å². The number of carbonyl (C=O) groups is 1. The predicted molar refractivity (Wildman–Crippen MR) is 71.2 cm³/mol. The van der Waals surface area contributed by atoms with Crippen molar-refractivity contribution in [3.05, 3.63) is 29.8 Å². The number of carbonyl (C=O) groups excluding carboxylic acids is 1. The monoisotopic (exact) mass is 236 g/mol. The van der Waals surface area contributed by atoms with E-state index < -0.39 is 5.60 Å². The fraction of sp³-hybridized carbons (Fsp3) is 0.500. The van der Waals surface area contributed by atoms with E-state index in [1.165, 1.54) is 0 Å². The molecule has 0 heterocycles. The molecule has 0 aromatic heterocycles. The van der Waals surface area contributed by atoms with Crippen molar-refractivity contribution in [2.24, 2.45) is 0 Å². The highest BCUT2D eigenvalue weighted by Gasteiger charge is 2.19. The molecule has 0 atom stereocenters. The van der Waals surface area contributed by atoms with Crippen LogP contribution < -0.4 is 4.48 Å².